The monoisotopic (exact) mass is 464 g/mol. The van der Waals surface area contributed by atoms with Gasteiger partial charge in [-0.15, -0.1) is 0 Å². The molecule has 2 unspecified atom stereocenters. The van der Waals surface area contributed by atoms with Crippen LogP contribution in [0.3, 0.4) is 0 Å². The smallest absolute Gasteiger partial charge is 0.245 e. The minimum absolute atomic E-state index is 0.0546. The van der Waals surface area contributed by atoms with Crippen LogP contribution in [0.5, 0.6) is 0 Å². The molecule has 32 heavy (non-hydrogen) atoms. The fraction of sp³-hybridized carbons (Fsp3) is 0.400. The number of amides is 2. The summed E-state index contributed by atoms with van der Waals surface area (Å²) in [6.45, 7) is -0.0226. The minimum atomic E-state index is -3.77. The quantitative estimate of drug-likeness (QED) is 0.132. The van der Waals surface area contributed by atoms with E-state index in [-0.39, 0.29) is 24.7 Å². The van der Waals surface area contributed by atoms with Gasteiger partial charge in [-0.2, -0.15) is 0 Å². The molecule has 2 atom stereocenters. The van der Waals surface area contributed by atoms with Gasteiger partial charge in [-0.25, -0.2) is 13.1 Å². The first-order chi connectivity index (χ1) is 15.2. The van der Waals surface area contributed by atoms with Crippen LogP contribution >= 0.6 is 0 Å². The molecule has 0 spiro atoms. The molecule has 0 fully saturated rings. The summed E-state index contributed by atoms with van der Waals surface area (Å²) in [6, 6.07) is 6.84. The Morgan fingerprint density at radius 2 is 2.00 bits per heavy atom. The lowest BCUT2D eigenvalue weighted by Gasteiger charge is -2.28. The number of rotatable bonds is 12. The van der Waals surface area contributed by atoms with Gasteiger partial charge in [0.05, 0.1) is 11.8 Å². The number of nitrogens with two attached hydrogens (primary N) is 2. The van der Waals surface area contributed by atoms with Crippen molar-refractivity contribution in [1.29, 1.82) is 0 Å². The number of aliphatic imine (C=N–C) groups is 1. The number of nitrogens with one attached hydrogen (secondary N) is 2. The molecule has 6 N–H and O–H groups in total. The van der Waals surface area contributed by atoms with Gasteiger partial charge in [-0.3, -0.25) is 14.6 Å². The predicted octanol–water partition coefficient (Wildman–Crippen LogP) is -1.04. The van der Waals surface area contributed by atoms with Crippen molar-refractivity contribution in [2.75, 3.05) is 13.1 Å². The molecule has 2 rings (SSSR count). The first-order valence-electron chi connectivity index (χ1n) is 10.0. The third kappa shape index (κ3) is 8.47. The number of benzene rings is 1. The average molecular weight is 465 g/mol. The second-order valence-electron chi connectivity index (χ2n) is 7.26. The highest BCUT2D eigenvalue weighted by Gasteiger charge is 2.30. The summed E-state index contributed by atoms with van der Waals surface area (Å²) in [5.41, 5.74) is 11.1. The van der Waals surface area contributed by atoms with E-state index in [1.165, 1.54) is 6.20 Å². The van der Waals surface area contributed by atoms with Crippen molar-refractivity contribution in [3.8, 4) is 0 Å². The molecule has 1 aliphatic rings. The molecular formula is C20H28N6O5S. The summed E-state index contributed by atoms with van der Waals surface area (Å²) in [7, 11) is -3.77. The summed E-state index contributed by atoms with van der Waals surface area (Å²) < 4.78 is 27.3. The van der Waals surface area contributed by atoms with Crippen molar-refractivity contribution < 1.29 is 22.8 Å². The van der Waals surface area contributed by atoms with Gasteiger partial charge < -0.3 is 26.5 Å². The highest BCUT2D eigenvalue weighted by molar-refractivity contribution is 7.88. The molecule has 1 aromatic rings. The van der Waals surface area contributed by atoms with E-state index in [2.05, 4.69) is 15.0 Å². The standard InChI is InChI=1S/C20H28N6O5S/c21-20(22)23-10-4-8-16(13-27)24-18(28)12-26-11-5-9-17(19(26)29)25-32(30,31)14-15-6-2-1-3-7-15/h1-3,5-7,11,13,16-17,25H,4,8-10,12,14H2,(H,24,28)(H4,21,22,23). The van der Waals surface area contributed by atoms with E-state index in [1.807, 2.05) is 0 Å². The molecule has 11 nitrogen and oxygen atoms in total. The Morgan fingerprint density at radius 3 is 2.66 bits per heavy atom. The number of carbonyl (C=O) groups excluding carboxylic acids is 3. The minimum Gasteiger partial charge on any atom is -0.370 e. The van der Waals surface area contributed by atoms with Crippen LogP contribution in [-0.4, -0.2) is 62.6 Å². The summed E-state index contributed by atoms with van der Waals surface area (Å²) >= 11 is 0. The molecule has 0 radical (unpaired) electrons. The first-order valence-corrected chi connectivity index (χ1v) is 11.7. The second-order valence-corrected chi connectivity index (χ2v) is 9.01. The molecule has 0 bridgehead atoms. The number of hydrogen-bond donors (Lipinski definition) is 4. The van der Waals surface area contributed by atoms with Crippen LogP contribution in [0.25, 0.3) is 0 Å². The van der Waals surface area contributed by atoms with Gasteiger partial charge in [0.1, 0.15) is 18.9 Å². The van der Waals surface area contributed by atoms with Crippen LogP contribution < -0.4 is 21.5 Å². The van der Waals surface area contributed by atoms with Crippen molar-refractivity contribution >= 4 is 34.1 Å². The van der Waals surface area contributed by atoms with Crippen LogP contribution in [-0.2, 0) is 30.2 Å². The van der Waals surface area contributed by atoms with Gasteiger partial charge in [-0.05, 0) is 24.8 Å². The second kappa shape index (κ2) is 12.0. The van der Waals surface area contributed by atoms with E-state index in [0.717, 1.165) is 4.90 Å². The molecule has 2 amide bonds. The Bertz CT molecular complexity index is 960. The zero-order valence-electron chi connectivity index (χ0n) is 17.5. The largest absolute Gasteiger partial charge is 0.370 e. The van der Waals surface area contributed by atoms with Crippen molar-refractivity contribution in [2.45, 2.75) is 37.1 Å². The van der Waals surface area contributed by atoms with E-state index in [4.69, 9.17) is 11.5 Å². The number of nitrogens with zero attached hydrogens (tertiary/aromatic N) is 2. The Hall–Kier alpha value is -3.25. The predicted molar refractivity (Wildman–Crippen MR) is 119 cm³/mol. The molecule has 0 saturated heterocycles. The van der Waals surface area contributed by atoms with Gasteiger partial charge in [0.15, 0.2) is 5.96 Å². The molecule has 12 heteroatoms. The maximum absolute atomic E-state index is 12.7. The summed E-state index contributed by atoms with van der Waals surface area (Å²) in [4.78, 5) is 41.1. The molecule has 0 aliphatic carbocycles. The van der Waals surface area contributed by atoms with E-state index >= 15 is 0 Å². The van der Waals surface area contributed by atoms with Gasteiger partial charge in [0.25, 0.3) is 0 Å². The zero-order chi connectivity index (χ0) is 23.6. The molecule has 0 saturated carbocycles. The Balaban J connectivity index is 1.88. The lowest BCUT2D eigenvalue weighted by atomic mass is 10.1. The number of hydrogen-bond acceptors (Lipinski definition) is 6. The maximum Gasteiger partial charge on any atom is 0.245 e. The number of sulfonamides is 1. The fourth-order valence-corrected chi connectivity index (χ4v) is 4.43. The van der Waals surface area contributed by atoms with Crippen molar-refractivity contribution in [3.63, 3.8) is 0 Å². The molecule has 174 valence electrons. The van der Waals surface area contributed by atoms with Crippen LogP contribution in [0.1, 0.15) is 24.8 Å². The fourth-order valence-electron chi connectivity index (χ4n) is 3.08. The third-order valence-corrected chi connectivity index (χ3v) is 5.91. The number of carbonyl (C=O) groups is 3. The Kier molecular flexibility index (Phi) is 9.35. The maximum atomic E-state index is 12.7. The topological polar surface area (TPSA) is 177 Å². The normalized spacial score (nSPS) is 16.9. The van der Waals surface area contributed by atoms with Crippen LogP contribution in [0.4, 0.5) is 0 Å². The SMILES string of the molecule is NC(N)=NCCCC(C=O)NC(=O)CN1C=CCC(NS(=O)(=O)Cc2ccccc2)C1=O. The molecule has 1 aromatic carbocycles. The van der Waals surface area contributed by atoms with Crippen molar-refractivity contribution in [3.05, 3.63) is 48.2 Å². The molecule has 1 heterocycles. The van der Waals surface area contributed by atoms with Gasteiger partial charge in [0, 0.05) is 12.7 Å². The molecule has 1 aliphatic heterocycles. The Morgan fingerprint density at radius 1 is 1.28 bits per heavy atom. The van der Waals surface area contributed by atoms with Gasteiger partial charge in [0.2, 0.25) is 21.8 Å². The van der Waals surface area contributed by atoms with Crippen LogP contribution in [0.2, 0.25) is 0 Å². The summed E-state index contributed by atoms with van der Waals surface area (Å²) in [5, 5.41) is 2.53. The Labute approximate surface area is 187 Å². The van der Waals surface area contributed by atoms with Crippen molar-refractivity contribution in [1.82, 2.24) is 14.9 Å². The molecule has 0 aromatic heterocycles. The molecular weight excluding hydrogens is 436 g/mol. The lowest BCUT2D eigenvalue weighted by Crippen LogP contribution is -2.51. The lowest BCUT2D eigenvalue weighted by molar-refractivity contribution is -0.135. The zero-order valence-corrected chi connectivity index (χ0v) is 18.3. The third-order valence-electron chi connectivity index (χ3n) is 4.55. The van der Waals surface area contributed by atoms with E-state index in [1.54, 1.807) is 36.4 Å². The number of guanidine groups is 1. The van der Waals surface area contributed by atoms with Crippen molar-refractivity contribution in [2.24, 2.45) is 16.5 Å². The average Bonchev–Trinajstić information content (AvgIpc) is 2.73. The highest BCUT2D eigenvalue weighted by Crippen LogP contribution is 2.12. The van der Waals surface area contributed by atoms with E-state index < -0.39 is 33.9 Å². The van der Waals surface area contributed by atoms with Crippen LogP contribution in [0, 0.1) is 0 Å². The summed E-state index contributed by atoms with van der Waals surface area (Å²) in [6.07, 6.45) is 4.62. The van der Waals surface area contributed by atoms with Gasteiger partial charge >= 0.3 is 0 Å². The first kappa shape index (κ1) is 25.0. The highest BCUT2D eigenvalue weighted by atomic mass is 32.2. The van der Waals surface area contributed by atoms with E-state index in [0.29, 0.717) is 31.2 Å². The number of aldehydes is 1. The summed E-state index contributed by atoms with van der Waals surface area (Å²) in [5.74, 6) is -1.41. The van der Waals surface area contributed by atoms with Gasteiger partial charge in [-0.1, -0.05) is 36.4 Å². The van der Waals surface area contributed by atoms with Crippen LogP contribution in [0.15, 0.2) is 47.6 Å². The van der Waals surface area contributed by atoms with E-state index in [9.17, 15) is 22.8 Å².